The summed E-state index contributed by atoms with van der Waals surface area (Å²) in [5.74, 6) is 1.25. The molecule has 5 rings (SSSR count). The largest absolute Gasteiger partial charge is 0.220 e. The zero-order chi connectivity index (χ0) is 23.8. The van der Waals surface area contributed by atoms with Gasteiger partial charge in [0.2, 0.25) is 5.69 Å². The van der Waals surface area contributed by atoms with Crippen molar-refractivity contribution in [3.05, 3.63) is 89.6 Å². The summed E-state index contributed by atoms with van der Waals surface area (Å²) < 4.78 is 10.8. The second kappa shape index (κ2) is 9.14. The van der Waals surface area contributed by atoms with Crippen LogP contribution in [0.15, 0.2) is 72.9 Å². The molecule has 3 aromatic carbocycles. The Morgan fingerprint density at radius 1 is 0.939 bits per heavy atom. The normalized spacial score (nSPS) is 14.9. The molecule has 1 heterocycles. The van der Waals surface area contributed by atoms with Crippen LogP contribution in [0.25, 0.3) is 33.2 Å². The zero-order valence-electron chi connectivity index (χ0n) is 21.5. The number of hydrogen-bond donors (Lipinski definition) is 0. The monoisotopic (exact) mass is 435 g/mol. The molecule has 1 nitrogen and oxygen atoms in total. The van der Waals surface area contributed by atoms with Gasteiger partial charge in [0.15, 0.2) is 6.17 Å². The van der Waals surface area contributed by atoms with Gasteiger partial charge in [0.05, 0.1) is 10.9 Å². The maximum Gasteiger partial charge on any atom is 0.220 e. The van der Waals surface area contributed by atoms with Gasteiger partial charge in [-0.15, -0.1) is 0 Å². The molecular formula is C32H36N+. The Morgan fingerprint density at radius 2 is 1.70 bits per heavy atom. The van der Waals surface area contributed by atoms with Crippen LogP contribution in [0.1, 0.15) is 63.5 Å². The summed E-state index contributed by atoms with van der Waals surface area (Å²) in [7, 11) is 2.03. The van der Waals surface area contributed by atoms with Gasteiger partial charge in [-0.3, -0.25) is 0 Å². The summed E-state index contributed by atoms with van der Waals surface area (Å²) in [5.41, 5.74) is 8.95. The van der Waals surface area contributed by atoms with Crippen molar-refractivity contribution < 1.29 is 5.94 Å². The Hall–Kier alpha value is -2.93. The van der Waals surface area contributed by atoms with E-state index in [1.54, 1.807) is 0 Å². The van der Waals surface area contributed by atoms with Crippen LogP contribution < -0.4 is 4.57 Å². The number of aromatic nitrogens is 1. The van der Waals surface area contributed by atoms with Crippen LogP contribution in [0.3, 0.4) is 0 Å². The number of nitrogens with zero attached hydrogens (tertiary/aromatic N) is 1. The van der Waals surface area contributed by atoms with E-state index in [-0.39, 0.29) is 0 Å². The van der Waals surface area contributed by atoms with Crippen molar-refractivity contribution >= 4 is 10.8 Å². The van der Waals surface area contributed by atoms with Gasteiger partial charge in [0, 0.05) is 6.07 Å². The molecule has 1 aromatic heterocycles. The molecular weight excluding hydrogens is 398 g/mol. The second-order valence-corrected chi connectivity index (χ2v) is 10.2. The highest BCUT2D eigenvalue weighted by Gasteiger charge is 2.22. The van der Waals surface area contributed by atoms with E-state index in [2.05, 4.69) is 86.0 Å². The number of rotatable bonds is 5. The summed E-state index contributed by atoms with van der Waals surface area (Å²) >= 11 is 0. The fourth-order valence-electron chi connectivity index (χ4n) is 5.74. The summed E-state index contributed by atoms with van der Waals surface area (Å²) in [6.07, 6.45) is 7.20. The third-order valence-electron chi connectivity index (χ3n) is 7.55. The first-order valence-corrected chi connectivity index (χ1v) is 12.5. The molecule has 4 aromatic rings. The van der Waals surface area contributed by atoms with Gasteiger partial charge >= 0.3 is 0 Å². The number of benzene rings is 3. The molecule has 1 aliphatic rings. The van der Waals surface area contributed by atoms with Gasteiger partial charge in [0.25, 0.3) is 0 Å². The van der Waals surface area contributed by atoms with Crippen molar-refractivity contribution in [1.82, 2.24) is 0 Å². The van der Waals surface area contributed by atoms with E-state index in [4.69, 9.17) is 1.37 Å². The number of hydrogen-bond acceptors (Lipinski definition) is 0. The third kappa shape index (κ3) is 4.34. The average Bonchev–Trinajstić information content (AvgIpc) is 3.34. The Bertz CT molecular complexity index is 1330. The zero-order valence-corrected chi connectivity index (χ0v) is 20.5. The summed E-state index contributed by atoms with van der Waals surface area (Å²) in [4.78, 5) is 0. The molecule has 0 amide bonds. The number of pyridine rings is 1. The van der Waals surface area contributed by atoms with Crippen LogP contribution in [0.5, 0.6) is 0 Å². The highest BCUT2D eigenvalue weighted by Crippen LogP contribution is 2.37. The first kappa shape index (κ1) is 20.7. The van der Waals surface area contributed by atoms with Crippen LogP contribution >= 0.6 is 0 Å². The lowest BCUT2D eigenvalue weighted by atomic mass is 9.87. The van der Waals surface area contributed by atoms with Crippen molar-refractivity contribution in [2.45, 2.75) is 58.8 Å². The lowest BCUT2D eigenvalue weighted by Crippen LogP contribution is -2.31. The van der Waals surface area contributed by atoms with Crippen LogP contribution in [0, 0.1) is 12.8 Å². The fraction of sp³-hybridized carbons (Fsp3) is 0.344. The molecule has 0 unspecified atom stereocenters. The van der Waals surface area contributed by atoms with E-state index < -0.39 is 0 Å². The van der Waals surface area contributed by atoms with Crippen LogP contribution in [0.2, 0.25) is 0 Å². The quantitative estimate of drug-likeness (QED) is 0.278. The minimum absolute atomic E-state index is 0.427. The van der Waals surface area contributed by atoms with E-state index >= 15 is 0 Å². The summed E-state index contributed by atoms with van der Waals surface area (Å²) in [6, 6.07) is 24.4. The third-order valence-corrected chi connectivity index (χ3v) is 7.55. The van der Waals surface area contributed by atoms with Crippen LogP contribution in [0.4, 0.5) is 0 Å². The molecule has 0 bridgehead atoms. The first-order chi connectivity index (χ1) is 16.4. The Kier molecular flexibility index (Phi) is 5.72. The summed E-state index contributed by atoms with van der Waals surface area (Å²) in [6.45, 7) is 6.79. The van der Waals surface area contributed by atoms with Gasteiger partial charge in [-0.1, -0.05) is 88.1 Å². The molecule has 0 spiro atoms. The van der Waals surface area contributed by atoms with E-state index in [1.807, 2.05) is 13.1 Å². The van der Waals surface area contributed by atoms with E-state index in [1.165, 1.54) is 76.3 Å². The molecule has 1 aliphatic carbocycles. The van der Waals surface area contributed by atoms with Crippen LogP contribution in [-0.4, -0.2) is 0 Å². The topological polar surface area (TPSA) is 3.88 Å². The maximum atomic E-state index is 8.78. The average molecular weight is 436 g/mol. The molecule has 0 saturated heterocycles. The summed E-state index contributed by atoms with van der Waals surface area (Å²) in [5, 5.41) is 2.42. The molecule has 0 atom stereocenters. The van der Waals surface area contributed by atoms with Crippen molar-refractivity contribution in [3.63, 3.8) is 0 Å². The lowest BCUT2D eigenvalue weighted by Gasteiger charge is -2.17. The highest BCUT2D eigenvalue weighted by molar-refractivity contribution is 5.95. The van der Waals surface area contributed by atoms with E-state index in [0.29, 0.717) is 12.1 Å². The van der Waals surface area contributed by atoms with E-state index in [0.717, 1.165) is 11.6 Å². The van der Waals surface area contributed by atoms with Gasteiger partial charge < -0.3 is 0 Å². The van der Waals surface area contributed by atoms with Crippen molar-refractivity contribution in [3.8, 4) is 22.4 Å². The molecule has 1 heteroatoms. The van der Waals surface area contributed by atoms with Gasteiger partial charge in [-0.25, -0.2) is 4.57 Å². The van der Waals surface area contributed by atoms with Crippen molar-refractivity contribution in [2.75, 3.05) is 0 Å². The molecule has 1 saturated carbocycles. The van der Waals surface area contributed by atoms with Crippen molar-refractivity contribution in [1.29, 1.82) is 0 Å². The van der Waals surface area contributed by atoms with Gasteiger partial charge in [0.1, 0.15) is 8.42 Å². The van der Waals surface area contributed by atoms with Crippen molar-refractivity contribution in [2.24, 2.45) is 13.0 Å². The van der Waals surface area contributed by atoms with Crippen LogP contribution in [-0.2, 0) is 13.5 Å². The number of fused-ring (bicyclic) bond motifs is 1. The Balaban J connectivity index is 1.71. The SMILES string of the molecule is [2H]c1cc2cc(CC3CCCC3)ccc2c(-c2cc(-c3ccccc3)cc(C(C)C)c2C)[n+]1C. The minimum atomic E-state index is 0.427. The predicted octanol–water partition coefficient (Wildman–Crippen LogP) is 8.16. The fourth-order valence-corrected chi connectivity index (χ4v) is 5.74. The smallest absolute Gasteiger partial charge is 0.200 e. The van der Waals surface area contributed by atoms with Gasteiger partial charge in [-0.2, -0.15) is 0 Å². The minimum Gasteiger partial charge on any atom is -0.200 e. The lowest BCUT2D eigenvalue weighted by molar-refractivity contribution is -0.659. The molecule has 0 radical (unpaired) electrons. The maximum absolute atomic E-state index is 8.78. The van der Waals surface area contributed by atoms with Gasteiger partial charge in [-0.05, 0) is 70.5 Å². The molecule has 0 N–H and O–H groups in total. The molecule has 1 fully saturated rings. The highest BCUT2D eigenvalue weighted by atomic mass is 14.9. The van der Waals surface area contributed by atoms with E-state index in [9.17, 15) is 0 Å². The predicted molar refractivity (Wildman–Crippen MR) is 140 cm³/mol. The second-order valence-electron chi connectivity index (χ2n) is 10.2. The molecule has 33 heavy (non-hydrogen) atoms. The first-order valence-electron chi connectivity index (χ1n) is 13.0. The Labute approximate surface area is 200 Å². The standard InChI is InChI=1S/C32H36N/c1-22(2)30-20-28(26-12-6-5-7-13-26)21-31(23(30)3)32-29-15-14-25(18-24-10-8-9-11-24)19-27(29)16-17-33(32)4/h5-7,12-17,19-22,24H,8-11,18H2,1-4H3/q+1/i17D. The Morgan fingerprint density at radius 3 is 2.42 bits per heavy atom. The molecule has 168 valence electrons. The molecule has 0 aliphatic heterocycles.